The fourth-order valence-electron chi connectivity index (χ4n) is 4.74. The number of fused-ring (bicyclic) bond motifs is 2. The number of aliphatic hydroxyl groups excluding tert-OH is 1. The minimum absolute atomic E-state index is 0.00969. The summed E-state index contributed by atoms with van der Waals surface area (Å²) < 4.78 is 27.0. The van der Waals surface area contributed by atoms with Crippen LogP contribution in [-0.2, 0) is 33.4 Å². The van der Waals surface area contributed by atoms with Crippen LogP contribution in [0.25, 0.3) is 0 Å². The van der Waals surface area contributed by atoms with Crippen molar-refractivity contribution in [1.82, 2.24) is 9.97 Å². The highest BCUT2D eigenvalue weighted by molar-refractivity contribution is 7.71. The monoisotopic (exact) mass is 692 g/mol. The molecule has 0 bridgehead atoms. The van der Waals surface area contributed by atoms with E-state index in [1.165, 1.54) is 0 Å². The van der Waals surface area contributed by atoms with Crippen LogP contribution in [0.4, 0.5) is 0 Å². The summed E-state index contributed by atoms with van der Waals surface area (Å²) in [5, 5.41) is 27.4. The molecule has 0 aromatic carbocycles. The van der Waals surface area contributed by atoms with Gasteiger partial charge in [0.05, 0.1) is 37.6 Å². The van der Waals surface area contributed by atoms with Gasteiger partial charge in [0.15, 0.2) is 18.3 Å². The molecule has 4 aliphatic rings. The van der Waals surface area contributed by atoms with Gasteiger partial charge in [0.25, 0.3) is 15.4 Å². The second-order valence-electron chi connectivity index (χ2n) is 9.54. The van der Waals surface area contributed by atoms with Gasteiger partial charge in [-0.25, -0.2) is 4.79 Å². The molecule has 0 amide bonds. The van der Waals surface area contributed by atoms with Crippen LogP contribution in [-0.4, -0.2) is 112 Å². The summed E-state index contributed by atoms with van der Waals surface area (Å²) in [5.41, 5.74) is 0.580. The van der Waals surface area contributed by atoms with Gasteiger partial charge < -0.3 is 48.4 Å². The number of esters is 1. The van der Waals surface area contributed by atoms with Crippen LogP contribution in [0, 0.1) is 29.5 Å². The van der Waals surface area contributed by atoms with E-state index in [0.717, 1.165) is 0 Å². The van der Waals surface area contributed by atoms with Crippen LogP contribution in [0.1, 0.15) is 20.7 Å². The summed E-state index contributed by atoms with van der Waals surface area (Å²) >= 11 is 15.0. The third kappa shape index (κ3) is 8.76. The zero-order chi connectivity index (χ0) is 32.7. The second kappa shape index (κ2) is 15.6. The minimum atomic E-state index is -0.887. The maximum Gasteiger partial charge on any atom is 0.341 e. The van der Waals surface area contributed by atoms with E-state index in [2.05, 4.69) is 19.6 Å². The number of aromatic amines is 2. The Bertz CT molecular complexity index is 1510. The van der Waals surface area contributed by atoms with Gasteiger partial charge >= 0.3 is 5.97 Å². The highest BCUT2D eigenvalue weighted by Crippen LogP contribution is 2.31. The quantitative estimate of drug-likeness (QED) is 0.122. The van der Waals surface area contributed by atoms with Gasteiger partial charge in [-0.05, 0) is 35.9 Å². The van der Waals surface area contributed by atoms with Gasteiger partial charge in [0.1, 0.15) is 39.8 Å². The van der Waals surface area contributed by atoms with Gasteiger partial charge in [-0.2, -0.15) is 0 Å². The first kappa shape index (κ1) is 34.2. The predicted octanol–water partition coefficient (Wildman–Crippen LogP) is 1.49. The Morgan fingerprint density at radius 1 is 0.800 bits per heavy atom. The first-order valence-corrected chi connectivity index (χ1v) is 14.2. The van der Waals surface area contributed by atoms with Crippen molar-refractivity contribution >= 4 is 47.2 Å². The van der Waals surface area contributed by atoms with Crippen molar-refractivity contribution in [3.8, 4) is 0 Å². The predicted molar refractivity (Wildman–Crippen MR) is 151 cm³/mol. The molecule has 3 N–H and O–H groups in total. The molecule has 21 heteroatoms. The molecule has 0 radical (unpaired) electrons. The lowest BCUT2D eigenvalue weighted by atomic mass is 10.1. The molecule has 8 atom stereocenters. The third-order valence-corrected chi connectivity index (χ3v) is 7.59. The highest BCUT2D eigenvalue weighted by atomic mass is 35.5. The summed E-state index contributed by atoms with van der Waals surface area (Å²) in [5.74, 6) is -0.599. The van der Waals surface area contributed by atoms with Crippen molar-refractivity contribution in [3.05, 3.63) is 77.3 Å². The van der Waals surface area contributed by atoms with Crippen LogP contribution < -0.4 is 0 Å². The van der Waals surface area contributed by atoms with Crippen LogP contribution in [0.15, 0.2) is 36.7 Å². The number of pyridine rings is 2. The van der Waals surface area contributed by atoms with Crippen molar-refractivity contribution in [1.29, 1.82) is 0 Å². The summed E-state index contributed by atoms with van der Waals surface area (Å²) in [6.45, 7) is 0.331. The number of carbonyl (C=O) groups excluding carboxylic acids is 2. The van der Waals surface area contributed by atoms with Gasteiger partial charge in [-0.3, -0.25) is 4.79 Å². The number of nitrogens with one attached hydrogen (secondary N) is 2. The average Bonchev–Trinajstić information content (AvgIpc) is 3.76. The molecule has 0 spiro atoms. The van der Waals surface area contributed by atoms with Crippen molar-refractivity contribution in [2.45, 2.75) is 48.8 Å². The Kier molecular flexibility index (Phi) is 11.9. The van der Waals surface area contributed by atoms with Crippen LogP contribution in [0.2, 0.25) is 0 Å². The topological polar surface area (TPSA) is 237 Å². The molecule has 2 aromatic heterocycles. The molecular formula is C24H25ClN4O14S2. The summed E-state index contributed by atoms with van der Waals surface area (Å²) in [6.07, 6.45) is -1.86. The number of hydrogen-bond donors (Lipinski definition) is 3. The first-order valence-electron chi connectivity index (χ1n) is 13.0. The van der Waals surface area contributed by atoms with Crippen molar-refractivity contribution in [3.63, 3.8) is 0 Å². The number of nitrogens with zero attached hydrogens (tertiary/aromatic N) is 2. The van der Waals surface area contributed by atoms with E-state index in [-0.39, 0.29) is 36.6 Å². The Morgan fingerprint density at radius 2 is 1.24 bits per heavy atom. The number of ether oxygens (including phenoxy) is 5. The van der Waals surface area contributed by atoms with E-state index in [1.807, 2.05) is 0 Å². The van der Waals surface area contributed by atoms with Gasteiger partial charge in [-0.1, -0.05) is 24.4 Å². The van der Waals surface area contributed by atoms with E-state index in [1.54, 1.807) is 36.7 Å². The van der Waals surface area contributed by atoms with Gasteiger partial charge in [0, 0.05) is 12.4 Å². The number of carbonyl (C=O) groups is 2. The van der Waals surface area contributed by atoms with E-state index < -0.39 is 70.2 Å². The molecule has 6 rings (SSSR count). The molecule has 0 aliphatic carbocycles. The Balaban J connectivity index is 0.000000170. The summed E-state index contributed by atoms with van der Waals surface area (Å²) in [7, 11) is 0. The summed E-state index contributed by atoms with van der Waals surface area (Å²) in [4.78, 5) is 57.3. The molecule has 4 saturated heterocycles. The van der Waals surface area contributed by atoms with Crippen molar-refractivity contribution < 1.29 is 58.2 Å². The average molecular weight is 693 g/mol. The number of aliphatic hydroxyl groups is 1. The molecule has 4 aliphatic heterocycles. The number of hydrogen-bond acceptors (Lipinski definition) is 16. The molecule has 2 aromatic rings. The first-order chi connectivity index (χ1) is 21.5. The SMILES string of the molecule is O=C(Cl)c1ccc[nH]c1=S.O=C(O[C@@H]1CO[C@H]2[C@@H]1OC[C@@H]2O[N+](=O)[O-])c1ccc[nH]c1=S.O=[N+]([O-])O[C@H]1CO[C@H]2[C@@H]1OC[C@H]2O. The molecule has 0 unspecified atom stereocenters. The fourth-order valence-corrected chi connectivity index (χ4v) is 5.40. The Hall–Kier alpha value is -3.63. The highest BCUT2D eigenvalue weighted by Gasteiger charge is 2.51. The van der Waals surface area contributed by atoms with Gasteiger partial charge in [-0.15, -0.1) is 20.2 Å². The Labute approximate surface area is 267 Å². The van der Waals surface area contributed by atoms with Crippen LogP contribution >= 0.6 is 36.0 Å². The number of aromatic nitrogens is 2. The zero-order valence-electron chi connectivity index (χ0n) is 22.8. The molecule has 6 heterocycles. The minimum Gasteiger partial charge on any atom is -0.453 e. The van der Waals surface area contributed by atoms with Crippen LogP contribution in [0.3, 0.4) is 0 Å². The lowest BCUT2D eigenvalue weighted by molar-refractivity contribution is -0.769. The zero-order valence-corrected chi connectivity index (χ0v) is 25.1. The molecule has 244 valence electrons. The van der Waals surface area contributed by atoms with E-state index in [9.17, 15) is 34.9 Å². The van der Waals surface area contributed by atoms with E-state index >= 15 is 0 Å². The lowest BCUT2D eigenvalue weighted by Crippen LogP contribution is -2.35. The van der Waals surface area contributed by atoms with E-state index in [4.69, 9.17) is 59.7 Å². The summed E-state index contributed by atoms with van der Waals surface area (Å²) in [6, 6.07) is 6.43. The number of H-pyrrole nitrogens is 2. The van der Waals surface area contributed by atoms with Crippen molar-refractivity contribution in [2.24, 2.45) is 0 Å². The normalized spacial score (nSPS) is 29.1. The van der Waals surface area contributed by atoms with E-state index in [0.29, 0.717) is 10.2 Å². The smallest absolute Gasteiger partial charge is 0.341 e. The fraction of sp³-hybridized carbons (Fsp3) is 0.500. The maximum atomic E-state index is 12.1. The van der Waals surface area contributed by atoms with Crippen LogP contribution in [0.5, 0.6) is 0 Å². The third-order valence-electron chi connectivity index (χ3n) is 6.71. The molecule has 4 fully saturated rings. The maximum absolute atomic E-state index is 12.1. The van der Waals surface area contributed by atoms with Crippen molar-refractivity contribution in [2.75, 3.05) is 26.4 Å². The number of halogens is 1. The molecular weight excluding hydrogens is 668 g/mol. The molecule has 18 nitrogen and oxygen atoms in total. The molecule has 45 heavy (non-hydrogen) atoms. The molecule has 0 saturated carbocycles. The standard InChI is InChI=1S/C12H12N2O7S.C6H4ClNOS.C6H9NO6/c15-12(6-2-1-3-13-11(6)22)20-7-4-18-10-8(21-14(16)17)5-19-9(7)10;7-5(9)4-2-1-3-8-6(4)10;8-3-1-11-6-4(13-7(9)10)2-12-5(3)6/h1-3,7-10H,4-5H2,(H,13,22);1-3H,(H,8,10);3-6,8H,1-2H2/t7-,8+,9-,10-;;3-,4+,5-,6-/m1.1/s1. The lowest BCUT2D eigenvalue weighted by Gasteiger charge is -2.16. The Morgan fingerprint density at radius 3 is 1.73 bits per heavy atom. The second-order valence-corrected chi connectivity index (χ2v) is 10.7. The van der Waals surface area contributed by atoms with Gasteiger partial charge in [0.2, 0.25) is 0 Å². The largest absolute Gasteiger partial charge is 0.453 e. The number of rotatable bonds is 7.